The highest BCUT2D eigenvalue weighted by atomic mass is 32.2. The molecule has 2 rings (SSSR count). The fourth-order valence-corrected chi connectivity index (χ4v) is 3.16. The molecule has 0 saturated heterocycles. The van der Waals surface area contributed by atoms with E-state index in [2.05, 4.69) is 5.32 Å². The van der Waals surface area contributed by atoms with Crippen LogP contribution in [0.3, 0.4) is 0 Å². The van der Waals surface area contributed by atoms with E-state index in [1.54, 1.807) is 6.92 Å². The van der Waals surface area contributed by atoms with Crippen LogP contribution in [0.5, 0.6) is 0 Å². The zero-order valence-electron chi connectivity index (χ0n) is 15.6. The normalized spacial score (nSPS) is 11.4. The van der Waals surface area contributed by atoms with Gasteiger partial charge in [0, 0.05) is 10.6 Å². The van der Waals surface area contributed by atoms with E-state index in [9.17, 15) is 14.4 Å². The van der Waals surface area contributed by atoms with Crippen LogP contribution in [0, 0.1) is 6.92 Å². The lowest BCUT2D eigenvalue weighted by molar-refractivity contribution is -0.115. The summed E-state index contributed by atoms with van der Waals surface area (Å²) >= 11 is 1.41. The lowest BCUT2D eigenvalue weighted by Crippen LogP contribution is -2.23. The molecule has 0 aliphatic heterocycles. The van der Waals surface area contributed by atoms with E-state index < -0.39 is 11.9 Å². The van der Waals surface area contributed by atoms with Crippen molar-refractivity contribution in [1.29, 1.82) is 0 Å². The van der Waals surface area contributed by atoms with Crippen molar-refractivity contribution >= 4 is 35.3 Å². The fourth-order valence-electron chi connectivity index (χ4n) is 2.29. The van der Waals surface area contributed by atoms with Gasteiger partial charge in [-0.1, -0.05) is 17.7 Å². The molecule has 0 aliphatic carbocycles. The second-order valence-corrected chi connectivity index (χ2v) is 7.26. The van der Waals surface area contributed by atoms with Crippen molar-refractivity contribution in [2.24, 2.45) is 0 Å². The van der Waals surface area contributed by atoms with E-state index in [0.717, 1.165) is 10.5 Å². The number of nitrogens with one attached hydrogen (secondary N) is 1. The van der Waals surface area contributed by atoms with Gasteiger partial charge in [0.2, 0.25) is 5.91 Å². The van der Waals surface area contributed by atoms with Gasteiger partial charge >= 0.3 is 11.9 Å². The smallest absolute Gasteiger partial charge is 0.337 e. The first-order valence-corrected chi connectivity index (χ1v) is 9.08. The first-order valence-electron chi connectivity index (χ1n) is 8.20. The van der Waals surface area contributed by atoms with Gasteiger partial charge in [0.1, 0.15) is 0 Å². The van der Waals surface area contributed by atoms with Crippen molar-refractivity contribution in [2.75, 3.05) is 19.5 Å². The van der Waals surface area contributed by atoms with E-state index in [1.807, 2.05) is 31.2 Å². The molecule has 142 valence electrons. The summed E-state index contributed by atoms with van der Waals surface area (Å²) in [5.74, 6) is -1.48. The number of carbonyl (C=O) groups excluding carboxylic acids is 3. The van der Waals surface area contributed by atoms with Gasteiger partial charge in [-0.15, -0.1) is 11.8 Å². The summed E-state index contributed by atoms with van der Waals surface area (Å²) in [6, 6.07) is 12.1. The molecule has 0 aromatic heterocycles. The van der Waals surface area contributed by atoms with E-state index in [0.29, 0.717) is 5.69 Å². The minimum Gasteiger partial charge on any atom is -0.465 e. The number of hydrogen-bond acceptors (Lipinski definition) is 6. The maximum Gasteiger partial charge on any atom is 0.337 e. The van der Waals surface area contributed by atoms with Gasteiger partial charge in [-0.3, -0.25) is 4.79 Å². The van der Waals surface area contributed by atoms with Crippen molar-refractivity contribution < 1.29 is 23.9 Å². The second-order valence-electron chi connectivity index (χ2n) is 5.84. The Labute approximate surface area is 162 Å². The average molecular weight is 387 g/mol. The highest BCUT2D eigenvalue weighted by Crippen LogP contribution is 2.25. The zero-order valence-corrected chi connectivity index (χ0v) is 16.4. The fraction of sp³-hybridized carbons (Fsp3) is 0.250. The molecule has 6 nitrogen and oxygen atoms in total. The number of methoxy groups -OCH3 is 2. The highest BCUT2D eigenvalue weighted by molar-refractivity contribution is 8.00. The molecule has 0 fully saturated rings. The molecule has 1 atom stereocenters. The van der Waals surface area contributed by atoms with Gasteiger partial charge in [-0.2, -0.15) is 0 Å². The summed E-state index contributed by atoms with van der Waals surface area (Å²) in [7, 11) is 2.48. The third kappa shape index (κ3) is 5.59. The van der Waals surface area contributed by atoms with Gasteiger partial charge in [0.05, 0.1) is 30.6 Å². The van der Waals surface area contributed by atoms with Crippen LogP contribution >= 0.6 is 11.8 Å². The number of amides is 1. The van der Waals surface area contributed by atoms with Gasteiger partial charge in [-0.05, 0) is 44.2 Å². The first-order chi connectivity index (χ1) is 12.8. The van der Waals surface area contributed by atoms with Crippen LogP contribution in [0.15, 0.2) is 47.4 Å². The molecule has 0 radical (unpaired) electrons. The third-order valence-corrected chi connectivity index (χ3v) is 4.86. The Morgan fingerprint density at radius 2 is 1.44 bits per heavy atom. The maximum absolute atomic E-state index is 12.5. The second kappa shape index (κ2) is 9.23. The first kappa shape index (κ1) is 20.5. The summed E-state index contributed by atoms with van der Waals surface area (Å²) in [5.41, 5.74) is 1.76. The van der Waals surface area contributed by atoms with Crippen LogP contribution in [-0.4, -0.2) is 37.3 Å². The number of rotatable bonds is 6. The SMILES string of the molecule is COC(=O)c1cc(NC(=O)[C@H](C)Sc2ccc(C)cc2)cc(C(=O)OC)c1. The van der Waals surface area contributed by atoms with Crippen LogP contribution in [0.25, 0.3) is 0 Å². The van der Waals surface area contributed by atoms with Crippen molar-refractivity contribution in [1.82, 2.24) is 0 Å². The molecule has 0 saturated carbocycles. The largest absolute Gasteiger partial charge is 0.465 e. The van der Waals surface area contributed by atoms with Crippen LogP contribution in [0.2, 0.25) is 0 Å². The number of aryl methyl sites for hydroxylation is 1. The molecule has 0 bridgehead atoms. The minimum atomic E-state index is -0.613. The molecule has 27 heavy (non-hydrogen) atoms. The molecule has 2 aromatic carbocycles. The zero-order chi connectivity index (χ0) is 20.0. The molecule has 0 spiro atoms. The monoisotopic (exact) mass is 387 g/mol. The molecule has 0 unspecified atom stereocenters. The summed E-state index contributed by atoms with van der Waals surface area (Å²) < 4.78 is 9.39. The average Bonchev–Trinajstić information content (AvgIpc) is 2.67. The van der Waals surface area contributed by atoms with Crippen molar-refractivity contribution in [2.45, 2.75) is 24.0 Å². The summed E-state index contributed by atoms with van der Waals surface area (Å²) in [4.78, 5) is 37.1. The lowest BCUT2D eigenvalue weighted by atomic mass is 10.1. The van der Waals surface area contributed by atoms with Crippen molar-refractivity contribution in [3.8, 4) is 0 Å². The van der Waals surface area contributed by atoms with Gasteiger partial charge in [0.15, 0.2) is 0 Å². The van der Waals surface area contributed by atoms with Gasteiger partial charge in [0.25, 0.3) is 0 Å². The number of thioether (sulfide) groups is 1. The quantitative estimate of drug-likeness (QED) is 0.601. The Bertz CT molecular complexity index is 814. The summed E-state index contributed by atoms with van der Waals surface area (Å²) in [6.07, 6.45) is 0. The van der Waals surface area contributed by atoms with E-state index in [-0.39, 0.29) is 22.3 Å². The van der Waals surface area contributed by atoms with Crippen molar-refractivity contribution in [3.63, 3.8) is 0 Å². The number of carbonyl (C=O) groups is 3. The Balaban J connectivity index is 2.18. The predicted molar refractivity (Wildman–Crippen MR) is 104 cm³/mol. The number of esters is 2. The van der Waals surface area contributed by atoms with Crippen LogP contribution in [-0.2, 0) is 14.3 Å². The van der Waals surface area contributed by atoms with Gasteiger partial charge < -0.3 is 14.8 Å². The lowest BCUT2D eigenvalue weighted by Gasteiger charge is -2.14. The Kier molecular flexibility index (Phi) is 7.01. The topological polar surface area (TPSA) is 81.7 Å². The highest BCUT2D eigenvalue weighted by Gasteiger charge is 2.18. The van der Waals surface area contributed by atoms with Crippen LogP contribution < -0.4 is 5.32 Å². The number of ether oxygens (including phenoxy) is 2. The number of benzene rings is 2. The van der Waals surface area contributed by atoms with Gasteiger partial charge in [-0.25, -0.2) is 9.59 Å². The molecule has 1 N–H and O–H groups in total. The van der Waals surface area contributed by atoms with Crippen molar-refractivity contribution in [3.05, 3.63) is 59.2 Å². The number of hydrogen-bond donors (Lipinski definition) is 1. The molecule has 2 aromatic rings. The minimum absolute atomic E-state index is 0.148. The Morgan fingerprint density at radius 3 is 1.93 bits per heavy atom. The molecule has 1 amide bonds. The maximum atomic E-state index is 12.5. The Hall–Kier alpha value is -2.80. The van der Waals surface area contributed by atoms with E-state index in [4.69, 9.17) is 9.47 Å². The number of anilines is 1. The predicted octanol–water partition coefficient (Wildman–Crippen LogP) is 3.69. The van der Waals surface area contributed by atoms with E-state index >= 15 is 0 Å². The molecular formula is C20H21NO5S. The van der Waals surface area contributed by atoms with Crippen LogP contribution in [0.1, 0.15) is 33.2 Å². The molecule has 0 heterocycles. The van der Waals surface area contributed by atoms with E-state index in [1.165, 1.54) is 44.2 Å². The standard InChI is InChI=1S/C20H21NO5S/c1-12-5-7-17(8-6-12)27-13(2)18(22)21-16-10-14(19(23)25-3)9-15(11-16)20(24)26-4/h5-11,13H,1-4H3,(H,21,22)/t13-/m0/s1. The summed E-state index contributed by atoms with van der Waals surface area (Å²) in [5, 5.41) is 2.36. The third-order valence-electron chi connectivity index (χ3n) is 3.75. The Morgan fingerprint density at radius 1 is 0.926 bits per heavy atom. The molecular weight excluding hydrogens is 366 g/mol. The van der Waals surface area contributed by atoms with Crippen LogP contribution in [0.4, 0.5) is 5.69 Å². The summed E-state index contributed by atoms with van der Waals surface area (Å²) in [6.45, 7) is 3.78. The molecule has 7 heteroatoms. The molecule has 0 aliphatic rings.